The molecule has 0 aromatic carbocycles. The monoisotopic (exact) mass is 142 g/mol. The van der Waals surface area contributed by atoms with Crippen molar-refractivity contribution in [3.8, 4) is 0 Å². The van der Waals surface area contributed by atoms with Gasteiger partial charge >= 0.3 is 0 Å². The smallest absolute Gasteiger partial charge is 0.142 e. The molecule has 0 aliphatic heterocycles. The number of rotatable bonds is 4. The number of hydrogen-bond donors (Lipinski definition) is 1. The Bertz CT molecular complexity index is 116. The van der Waals surface area contributed by atoms with Crippen molar-refractivity contribution in [1.82, 2.24) is 0 Å². The number of carbonyl (C=O) groups is 1. The Balaban J connectivity index is 3.48. The summed E-state index contributed by atoms with van der Waals surface area (Å²) in [7, 11) is 0. The highest BCUT2D eigenvalue weighted by atomic mass is 16.3. The first kappa shape index (κ1) is 9.37. The topological polar surface area (TPSA) is 37.3 Å². The Kier molecular flexibility index (Phi) is 4.85. The lowest BCUT2D eigenvalue weighted by Gasteiger charge is -2.10. The van der Waals surface area contributed by atoms with Crippen LogP contribution in [0.1, 0.15) is 20.3 Å². The first-order chi connectivity index (χ1) is 4.68. The second-order valence-corrected chi connectivity index (χ2v) is 2.61. The summed E-state index contributed by atoms with van der Waals surface area (Å²) in [5.41, 5.74) is 0. The molecule has 0 saturated heterocycles. The average Bonchev–Trinajstić information content (AvgIpc) is 1.88. The summed E-state index contributed by atoms with van der Waals surface area (Å²) >= 11 is 0. The minimum Gasteiger partial charge on any atom is -0.393 e. The Morgan fingerprint density at radius 1 is 1.50 bits per heavy atom. The standard InChI is InChI=1S/C8H14O2/c1-7(2)8(10)5-3-4-6-9/h3-4,6-8,10H,5H2,1-2H3. The molecule has 0 bridgehead atoms. The third kappa shape index (κ3) is 4.27. The molecule has 0 radical (unpaired) electrons. The van der Waals surface area contributed by atoms with E-state index in [-0.39, 0.29) is 12.0 Å². The summed E-state index contributed by atoms with van der Waals surface area (Å²) in [5.74, 6) is 0.260. The summed E-state index contributed by atoms with van der Waals surface area (Å²) in [5, 5.41) is 9.19. The zero-order valence-corrected chi connectivity index (χ0v) is 6.45. The zero-order valence-electron chi connectivity index (χ0n) is 6.45. The minimum absolute atomic E-state index is 0.260. The lowest BCUT2D eigenvalue weighted by Crippen LogP contribution is -2.12. The number of allylic oxidation sites excluding steroid dienone is 1. The predicted octanol–water partition coefficient (Wildman–Crippen LogP) is 1.15. The minimum atomic E-state index is -0.323. The van der Waals surface area contributed by atoms with Gasteiger partial charge in [0.15, 0.2) is 0 Å². The van der Waals surface area contributed by atoms with Crippen LogP contribution in [0.4, 0.5) is 0 Å². The molecule has 0 spiro atoms. The van der Waals surface area contributed by atoms with Crippen LogP contribution >= 0.6 is 0 Å². The molecule has 0 aliphatic carbocycles. The van der Waals surface area contributed by atoms with Gasteiger partial charge in [-0.3, -0.25) is 4.79 Å². The van der Waals surface area contributed by atoms with Crippen molar-refractivity contribution in [1.29, 1.82) is 0 Å². The van der Waals surface area contributed by atoms with Crippen LogP contribution < -0.4 is 0 Å². The molecule has 1 N–H and O–H groups in total. The molecule has 2 heteroatoms. The Hall–Kier alpha value is -0.630. The fourth-order valence-electron chi connectivity index (χ4n) is 0.546. The Morgan fingerprint density at radius 3 is 2.50 bits per heavy atom. The fraction of sp³-hybridized carbons (Fsp3) is 0.625. The molecule has 0 fully saturated rings. The number of hydrogen-bond acceptors (Lipinski definition) is 2. The second kappa shape index (κ2) is 5.18. The maximum Gasteiger partial charge on any atom is 0.142 e. The van der Waals surface area contributed by atoms with Crippen LogP contribution in [0.3, 0.4) is 0 Å². The molecule has 0 rings (SSSR count). The molecule has 1 atom stereocenters. The van der Waals surface area contributed by atoms with Gasteiger partial charge in [0.05, 0.1) is 6.10 Å². The van der Waals surface area contributed by atoms with Gasteiger partial charge in [-0.25, -0.2) is 0 Å². The van der Waals surface area contributed by atoms with Crippen molar-refractivity contribution < 1.29 is 9.90 Å². The molecule has 58 valence electrons. The summed E-state index contributed by atoms with van der Waals surface area (Å²) in [4.78, 5) is 9.79. The van der Waals surface area contributed by atoms with Gasteiger partial charge in [0.2, 0.25) is 0 Å². The van der Waals surface area contributed by atoms with Gasteiger partial charge in [-0.15, -0.1) is 0 Å². The number of carbonyl (C=O) groups excluding carboxylic acids is 1. The van der Waals surface area contributed by atoms with E-state index in [1.807, 2.05) is 13.8 Å². The highest BCUT2D eigenvalue weighted by Gasteiger charge is 2.05. The van der Waals surface area contributed by atoms with Gasteiger partial charge in [-0.05, 0) is 18.4 Å². The van der Waals surface area contributed by atoms with Gasteiger partial charge < -0.3 is 5.11 Å². The van der Waals surface area contributed by atoms with Crippen LogP contribution in [0.2, 0.25) is 0 Å². The van der Waals surface area contributed by atoms with E-state index in [9.17, 15) is 9.90 Å². The molecule has 0 amide bonds. The molecule has 10 heavy (non-hydrogen) atoms. The molecule has 0 heterocycles. The van der Waals surface area contributed by atoms with Crippen LogP contribution in [-0.4, -0.2) is 17.5 Å². The van der Waals surface area contributed by atoms with Gasteiger partial charge in [0.1, 0.15) is 6.29 Å². The van der Waals surface area contributed by atoms with Crippen LogP contribution in [0.25, 0.3) is 0 Å². The average molecular weight is 142 g/mol. The molecular weight excluding hydrogens is 128 g/mol. The van der Waals surface area contributed by atoms with Crippen molar-refractivity contribution in [2.45, 2.75) is 26.4 Å². The largest absolute Gasteiger partial charge is 0.393 e. The van der Waals surface area contributed by atoms with Crippen molar-refractivity contribution in [3.63, 3.8) is 0 Å². The van der Waals surface area contributed by atoms with Crippen LogP contribution in [0, 0.1) is 5.92 Å². The maximum absolute atomic E-state index is 9.79. The highest BCUT2D eigenvalue weighted by molar-refractivity contribution is 5.64. The first-order valence-corrected chi connectivity index (χ1v) is 3.47. The third-order valence-electron chi connectivity index (χ3n) is 1.36. The normalized spacial score (nSPS) is 14.4. The molecule has 0 saturated carbocycles. The molecule has 0 aromatic rings. The van der Waals surface area contributed by atoms with Crippen molar-refractivity contribution >= 4 is 6.29 Å². The number of aliphatic hydroxyl groups excluding tert-OH is 1. The first-order valence-electron chi connectivity index (χ1n) is 3.47. The quantitative estimate of drug-likeness (QED) is 0.472. The fourth-order valence-corrected chi connectivity index (χ4v) is 0.546. The summed E-state index contributed by atoms with van der Waals surface area (Å²) in [6, 6.07) is 0. The van der Waals surface area contributed by atoms with E-state index in [0.29, 0.717) is 12.7 Å². The number of aldehydes is 1. The zero-order chi connectivity index (χ0) is 7.98. The van der Waals surface area contributed by atoms with E-state index in [1.54, 1.807) is 6.08 Å². The summed E-state index contributed by atoms with van der Waals surface area (Å²) in [6.45, 7) is 3.89. The van der Waals surface area contributed by atoms with Gasteiger partial charge in [-0.1, -0.05) is 19.9 Å². The molecule has 2 nitrogen and oxygen atoms in total. The Morgan fingerprint density at radius 2 is 2.10 bits per heavy atom. The van der Waals surface area contributed by atoms with E-state index >= 15 is 0 Å². The molecule has 1 unspecified atom stereocenters. The predicted molar refractivity (Wildman–Crippen MR) is 40.7 cm³/mol. The Labute approximate surface area is 61.6 Å². The van der Waals surface area contributed by atoms with E-state index in [2.05, 4.69) is 0 Å². The van der Waals surface area contributed by atoms with E-state index < -0.39 is 0 Å². The summed E-state index contributed by atoms with van der Waals surface area (Å²) < 4.78 is 0. The summed E-state index contributed by atoms with van der Waals surface area (Å²) in [6.07, 6.45) is 4.04. The highest BCUT2D eigenvalue weighted by Crippen LogP contribution is 2.05. The van der Waals surface area contributed by atoms with Crippen LogP contribution in [0.5, 0.6) is 0 Å². The van der Waals surface area contributed by atoms with Crippen LogP contribution in [-0.2, 0) is 4.79 Å². The number of aliphatic hydroxyl groups is 1. The molecule has 0 aromatic heterocycles. The lowest BCUT2D eigenvalue weighted by atomic mass is 10.0. The SMILES string of the molecule is CC(C)C(O)CC=CC=O. The van der Waals surface area contributed by atoms with Crippen molar-refractivity contribution in [3.05, 3.63) is 12.2 Å². The van der Waals surface area contributed by atoms with E-state index in [0.717, 1.165) is 0 Å². The lowest BCUT2D eigenvalue weighted by molar-refractivity contribution is -0.104. The van der Waals surface area contributed by atoms with E-state index in [4.69, 9.17) is 0 Å². The van der Waals surface area contributed by atoms with Gasteiger partial charge in [-0.2, -0.15) is 0 Å². The van der Waals surface area contributed by atoms with Crippen LogP contribution in [0.15, 0.2) is 12.2 Å². The van der Waals surface area contributed by atoms with E-state index in [1.165, 1.54) is 6.08 Å². The molecule has 0 aliphatic rings. The maximum atomic E-state index is 9.79. The van der Waals surface area contributed by atoms with Crippen molar-refractivity contribution in [2.75, 3.05) is 0 Å². The van der Waals surface area contributed by atoms with Crippen molar-refractivity contribution in [2.24, 2.45) is 5.92 Å². The van der Waals surface area contributed by atoms with Gasteiger partial charge in [0, 0.05) is 0 Å². The third-order valence-corrected chi connectivity index (χ3v) is 1.36. The molecular formula is C8H14O2. The second-order valence-electron chi connectivity index (χ2n) is 2.61. The van der Waals surface area contributed by atoms with Gasteiger partial charge in [0.25, 0.3) is 0 Å².